The highest BCUT2D eigenvalue weighted by molar-refractivity contribution is 7.71. The van der Waals surface area contributed by atoms with Crippen LogP contribution in [0.2, 0.25) is 0 Å². The Labute approximate surface area is 112 Å². The number of H-pyrrole nitrogens is 1. The first kappa shape index (κ1) is 13.3. The molecule has 0 fully saturated rings. The number of ether oxygens (including phenoxy) is 1. The number of nitrogens with one attached hydrogen (secondary N) is 1. The average molecular weight is 284 g/mol. The molecule has 0 aliphatic rings. The molecule has 0 bridgehead atoms. The van der Waals surface area contributed by atoms with Crippen molar-refractivity contribution < 1.29 is 13.5 Å². The van der Waals surface area contributed by atoms with Gasteiger partial charge in [-0.15, -0.1) is 0 Å². The predicted molar refractivity (Wildman–Crippen MR) is 68.4 cm³/mol. The van der Waals surface area contributed by atoms with E-state index >= 15 is 0 Å². The second-order valence-corrected chi connectivity index (χ2v) is 3.87. The van der Waals surface area contributed by atoms with Crippen LogP contribution in [0.15, 0.2) is 29.4 Å². The van der Waals surface area contributed by atoms with Gasteiger partial charge in [0.1, 0.15) is 5.75 Å². The van der Waals surface area contributed by atoms with Crippen LogP contribution in [0.5, 0.6) is 5.75 Å². The number of methoxy groups -OCH3 is 1. The summed E-state index contributed by atoms with van der Waals surface area (Å²) in [5.74, 6) is 0.0519. The van der Waals surface area contributed by atoms with E-state index < -0.39 is 12.2 Å². The molecule has 0 saturated carbocycles. The molecule has 0 unspecified atom stereocenters. The summed E-state index contributed by atoms with van der Waals surface area (Å²) < 4.78 is 31.3. The van der Waals surface area contributed by atoms with Gasteiger partial charge < -0.3 is 4.74 Å². The highest BCUT2D eigenvalue weighted by atomic mass is 32.1. The lowest BCUT2D eigenvalue weighted by atomic mass is 10.2. The molecule has 0 saturated heterocycles. The highest BCUT2D eigenvalue weighted by Crippen LogP contribution is 2.17. The molecule has 1 aromatic heterocycles. The number of nitrogens with zero attached hydrogens (tertiary/aromatic N) is 3. The number of rotatable bonds is 4. The van der Waals surface area contributed by atoms with E-state index in [0.29, 0.717) is 11.3 Å². The van der Waals surface area contributed by atoms with Crippen molar-refractivity contribution >= 4 is 18.4 Å². The maximum atomic E-state index is 12.7. The monoisotopic (exact) mass is 284 g/mol. The van der Waals surface area contributed by atoms with E-state index in [-0.39, 0.29) is 4.77 Å². The first-order chi connectivity index (χ1) is 9.13. The fourth-order valence-electron chi connectivity index (χ4n) is 1.45. The molecule has 0 amide bonds. The van der Waals surface area contributed by atoms with Gasteiger partial charge in [-0.2, -0.15) is 14.9 Å². The number of hydrogen-bond donors (Lipinski definition) is 1. The van der Waals surface area contributed by atoms with Crippen LogP contribution in [-0.4, -0.2) is 28.2 Å². The van der Waals surface area contributed by atoms with Crippen molar-refractivity contribution in [3.05, 3.63) is 40.4 Å². The maximum absolute atomic E-state index is 12.7. The molecule has 100 valence electrons. The van der Waals surface area contributed by atoms with Crippen molar-refractivity contribution in [3.8, 4) is 5.75 Å². The van der Waals surface area contributed by atoms with E-state index in [1.807, 2.05) is 0 Å². The van der Waals surface area contributed by atoms with Gasteiger partial charge in [-0.05, 0) is 24.4 Å². The normalized spacial score (nSPS) is 11.4. The third-order valence-electron chi connectivity index (χ3n) is 2.32. The molecule has 19 heavy (non-hydrogen) atoms. The molecule has 0 aliphatic heterocycles. The minimum absolute atomic E-state index is 0.00134. The van der Waals surface area contributed by atoms with Crippen LogP contribution in [0.3, 0.4) is 0 Å². The zero-order chi connectivity index (χ0) is 13.8. The van der Waals surface area contributed by atoms with E-state index in [2.05, 4.69) is 15.3 Å². The molecule has 2 rings (SSSR count). The number of aromatic amines is 1. The second kappa shape index (κ2) is 5.70. The Kier molecular flexibility index (Phi) is 4.00. The van der Waals surface area contributed by atoms with Crippen molar-refractivity contribution in [1.82, 2.24) is 14.9 Å². The average Bonchev–Trinajstić information content (AvgIpc) is 2.78. The minimum atomic E-state index is -2.76. The van der Waals surface area contributed by atoms with E-state index in [1.54, 1.807) is 24.3 Å². The lowest BCUT2D eigenvalue weighted by molar-refractivity contribution is 0.136. The van der Waals surface area contributed by atoms with Gasteiger partial charge in [-0.3, -0.25) is 0 Å². The van der Waals surface area contributed by atoms with E-state index in [1.165, 1.54) is 13.3 Å². The summed E-state index contributed by atoms with van der Waals surface area (Å²) in [6.07, 6.45) is -1.38. The molecule has 8 heteroatoms. The van der Waals surface area contributed by atoms with Gasteiger partial charge in [0, 0.05) is 5.56 Å². The topological polar surface area (TPSA) is 55.2 Å². The Balaban J connectivity index is 2.38. The van der Waals surface area contributed by atoms with Crippen LogP contribution in [0.1, 0.15) is 17.8 Å². The van der Waals surface area contributed by atoms with E-state index in [0.717, 1.165) is 4.68 Å². The van der Waals surface area contributed by atoms with Crippen molar-refractivity contribution in [1.29, 1.82) is 0 Å². The van der Waals surface area contributed by atoms with Crippen LogP contribution in [0.4, 0.5) is 8.78 Å². The lowest BCUT2D eigenvalue weighted by Gasteiger charge is -2.03. The zero-order valence-electron chi connectivity index (χ0n) is 9.88. The number of benzene rings is 1. The smallest absolute Gasteiger partial charge is 0.299 e. The van der Waals surface area contributed by atoms with Gasteiger partial charge in [0.15, 0.2) is 0 Å². The zero-order valence-corrected chi connectivity index (χ0v) is 10.7. The molecule has 0 spiro atoms. The van der Waals surface area contributed by atoms with Crippen molar-refractivity contribution in [2.75, 3.05) is 7.11 Å². The lowest BCUT2D eigenvalue weighted by Crippen LogP contribution is -2.00. The minimum Gasteiger partial charge on any atom is -0.496 e. The summed E-state index contributed by atoms with van der Waals surface area (Å²) in [6.45, 7) is 0. The van der Waals surface area contributed by atoms with Crippen molar-refractivity contribution in [3.63, 3.8) is 0 Å². The third-order valence-corrected chi connectivity index (χ3v) is 2.59. The van der Waals surface area contributed by atoms with Crippen molar-refractivity contribution in [2.45, 2.75) is 6.43 Å². The summed E-state index contributed by atoms with van der Waals surface area (Å²) in [5.41, 5.74) is 0.647. The fraction of sp³-hybridized carbons (Fsp3) is 0.182. The van der Waals surface area contributed by atoms with Gasteiger partial charge in [0.25, 0.3) is 6.43 Å². The number of alkyl halides is 2. The summed E-state index contributed by atoms with van der Waals surface area (Å²) in [6, 6.07) is 7.06. The van der Waals surface area contributed by atoms with Gasteiger partial charge >= 0.3 is 0 Å². The maximum Gasteiger partial charge on any atom is 0.299 e. The fourth-order valence-corrected chi connectivity index (χ4v) is 1.64. The molecule has 0 radical (unpaired) electrons. The molecule has 1 heterocycles. The first-order valence-electron chi connectivity index (χ1n) is 5.26. The third kappa shape index (κ3) is 2.84. The molecule has 2 aromatic rings. The molecule has 0 aliphatic carbocycles. The number of halogens is 2. The Bertz CT molecular complexity index is 650. The van der Waals surface area contributed by atoms with Gasteiger partial charge in [-0.1, -0.05) is 12.1 Å². The summed E-state index contributed by atoms with van der Waals surface area (Å²) in [7, 11) is 1.51. The second-order valence-electron chi connectivity index (χ2n) is 3.49. The Morgan fingerprint density at radius 2 is 2.21 bits per heavy atom. The largest absolute Gasteiger partial charge is 0.496 e. The van der Waals surface area contributed by atoms with Crippen LogP contribution < -0.4 is 4.74 Å². The SMILES string of the molecule is COc1ccccc1/C=N/n1c(C(F)F)n[nH]c1=S. The van der Waals surface area contributed by atoms with Crippen LogP contribution in [-0.2, 0) is 0 Å². The molecule has 0 atom stereocenters. The van der Waals surface area contributed by atoms with Crippen LogP contribution in [0.25, 0.3) is 0 Å². The molecular weight excluding hydrogens is 274 g/mol. The predicted octanol–water partition coefficient (Wildman–Crippen LogP) is 2.77. The standard InChI is InChI=1S/C11H10F2N4OS/c1-18-8-5-3-2-4-7(8)6-14-17-10(9(12)13)15-16-11(17)19/h2-6,9H,1H3,(H,16,19)/b14-6+. The quantitative estimate of drug-likeness (QED) is 0.694. The van der Waals surface area contributed by atoms with Crippen molar-refractivity contribution in [2.24, 2.45) is 5.10 Å². The Hall–Kier alpha value is -2.09. The summed E-state index contributed by atoms with van der Waals surface area (Å²) in [5, 5.41) is 9.59. The number of hydrogen-bond acceptors (Lipinski definition) is 4. The molecule has 5 nitrogen and oxygen atoms in total. The summed E-state index contributed by atoms with van der Waals surface area (Å²) in [4.78, 5) is 0. The van der Waals surface area contributed by atoms with Crippen LogP contribution in [0, 0.1) is 4.77 Å². The van der Waals surface area contributed by atoms with Gasteiger partial charge in [0.05, 0.1) is 13.3 Å². The number of para-hydroxylation sites is 1. The van der Waals surface area contributed by atoms with Gasteiger partial charge in [-0.25, -0.2) is 13.9 Å². The Morgan fingerprint density at radius 1 is 1.47 bits per heavy atom. The highest BCUT2D eigenvalue weighted by Gasteiger charge is 2.16. The first-order valence-corrected chi connectivity index (χ1v) is 5.67. The van der Waals surface area contributed by atoms with E-state index in [4.69, 9.17) is 17.0 Å². The molecular formula is C11H10F2N4OS. The Morgan fingerprint density at radius 3 is 2.89 bits per heavy atom. The van der Waals surface area contributed by atoms with E-state index in [9.17, 15) is 8.78 Å². The molecule has 1 N–H and O–H groups in total. The van der Waals surface area contributed by atoms with Crippen LogP contribution >= 0.6 is 12.2 Å². The van der Waals surface area contributed by atoms with Gasteiger partial charge in [0.2, 0.25) is 10.6 Å². The number of aromatic nitrogens is 3. The molecule has 1 aromatic carbocycles. The summed E-state index contributed by atoms with van der Waals surface area (Å²) >= 11 is 4.84.